The monoisotopic (exact) mass is 579 g/mol. The lowest BCUT2D eigenvalue weighted by Crippen LogP contribution is -2.20. The molecule has 0 spiro atoms. The van der Waals surface area contributed by atoms with E-state index in [2.05, 4.69) is 47.2 Å². The Balaban J connectivity index is 1.43. The zero-order valence-corrected chi connectivity index (χ0v) is 25.2. The minimum absolute atomic E-state index is 0.229. The van der Waals surface area contributed by atoms with Crippen LogP contribution in [-0.2, 0) is 6.54 Å². The highest BCUT2D eigenvalue weighted by Crippen LogP contribution is 2.37. The quantitative estimate of drug-likeness (QED) is 0.123. The van der Waals surface area contributed by atoms with Crippen LogP contribution in [0.25, 0.3) is 27.8 Å². The van der Waals surface area contributed by atoms with E-state index in [1.807, 2.05) is 32.2 Å². The first kappa shape index (κ1) is 29.4. The van der Waals surface area contributed by atoms with Gasteiger partial charge in [-0.15, -0.1) is 11.3 Å². The van der Waals surface area contributed by atoms with Gasteiger partial charge in [0.1, 0.15) is 11.6 Å². The number of thiophene rings is 1. The van der Waals surface area contributed by atoms with Crippen LogP contribution >= 0.6 is 11.3 Å². The highest BCUT2D eigenvalue weighted by atomic mass is 32.1. The van der Waals surface area contributed by atoms with Gasteiger partial charge in [0.15, 0.2) is 0 Å². The Hall–Kier alpha value is -4.07. The summed E-state index contributed by atoms with van der Waals surface area (Å²) in [7, 11) is 0. The molecular weight excluding hydrogens is 541 g/mol. The summed E-state index contributed by atoms with van der Waals surface area (Å²) in [6.07, 6.45) is 12.4. The number of halogens is 1. The second kappa shape index (κ2) is 12.8. The van der Waals surface area contributed by atoms with Crippen molar-refractivity contribution in [1.29, 1.82) is 0 Å². The molecule has 1 aliphatic rings. The van der Waals surface area contributed by atoms with Gasteiger partial charge >= 0.3 is 0 Å². The van der Waals surface area contributed by atoms with Crippen molar-refractivity contribution in [1.82, 2.24) is 20.3 Å². The van der Waals surface area contributed by atoms with Crippen molar-refractivity contribution >= 4 is 33.7 Å². The minimum atomic E-state index is -0.445. The molecule has 4 N–H and O–H groups in total. The highest BCUT2D eigenvalue weighted by Gasteiger charge is 2.22. The molecule has 0 amide bonds. The number of benzene rings is 1. The van der Waals surface area contributed by atoms with Crippen molar-refractivity contribution in [3.63, 3.8) is 0 Å². The second-order valence-corrected chi connectivity index (χ2v) is 12.1. The Morgan fingerprint density at radius 2 is 1.93 bits per heavy atom. The standard InChI is InChI=1S/C35H38FN5S/c1-6-9-28(31-15-14-30(42-31)21(2)3)34-23(5)40-35(41-34)22(4)32-29(37)13-12-27(33(32)36)26-16-25(19-39-20-26)18-38-17-24-10-7-8-11-24/h6,9,12-16,19-20,24,38H,1-2,4,7-8,10-11,17-18,37H2,3,5H3,(H,40,41)/b28-9-. The van der Waals surface area contributed by atoms with Gasteiger partial charge in [0.25, 0.3) is 0 Å². The van der Waals surface area contributed by atoms with Gasteiger partial charge in [-0.3, -0.25) is 4.98 Å². The van der Waals surface area contributed by atoms with Crippen molar-refractivity contribution in [2.45, 2.75) is 46.1 Å². The lowest BCUT2D eigenvalue weighted by molar-refractivity contribution is 0.489. The molecule has 0 radical (unpaired) electrons. The molecule has 4 aromatic rings. The Morgan fingerprint density at radius 3 is 2.64 bits per heavy atom. The van der Waals surface area contributed by atoms with Crippen LogP contribution in [0.2, 0.25) is 0 Å². The predicted octanol–water partition coefficient (Wildman–Crippen LogP) is 8.56. The summed E-state index contributed by atoms with van der Waals surface area (Å²) in [4.78, 5) is 14.7. The fourth-order valence-corrected chi connectivity index (χ4v) is 6.54. The van der Waals surface area contributed by atoms with E-state index < -0.39 is 5.82 Å². The fraction of sp³-hybridized carbons (Fsp3) is 0.257. The molecule has 0 aliphatic heterocycles. The third-order valence-electron chi connectivity index (χ3n) is 7.82. The van der Waals surface area contributed by atoms with E-state index in [9.17, 15) is 0 Å². The highest BCUT2D eigenvalue weighted by molar-refractivity contribution is 7.14. The number of nitrogens with two attached hydrogens (primary N) is 1. The lowest BCUT2D eigenvalue weighted by Gasteiger charge is -2.14. The van der Waals surface area contributed by atoms with Gasteiger partial charge < -0.3 is 16.0 Å². The van der Waals surface area contributed by atoms with Crippen LogP contribution in [0, 0.1) is 18.7 Å². The molecule has 1 fully saturated rings. The van der Waals surface area contributed by atoms with Crippen LogP contribution in [-0.4, -0.2) is 21.5 Å². The van der Waals surface area contributed by atoms with Crippen LogP contribution in [0.3, 0.4) is 0 Å². The third-order valence-corrected chi connectivity index (χ3v) is 9.10. The molecule has 3 heterocycles. The van der Waals surface area contributed by atoms with E-state index in [0.717, 1.165) is 50.3 Å². The molecule has 5 rings (SSSR count). The van der Waals surface area contributed by atoms with Gasteiger partial charge in [-0.1, -0.05) is 44.7 Å². The molecule has 1 aromatic carbocycles. The van der Waals surface area contributed by atoms with Gasteiger partial charge in [0.2, 0.25) is 0 Å². The number of hydrogen-bond donors (Lipinski definition) is 3. The zero-order chi connectivity index (χ0) is 29.8. The Kier molecular flexibility index (Phi) is 9.00. The largest absolute Gasteiger partial charge is 0.398 e. The molecule has 3 aromatic heterocycles. The Morgan fingerprint density at radius 1 is 1.17 bits per heavy atom. The van der Waals surface area contributed by atoms with Gasteiger partial charge in [0.05, 0.1) is 5.69 Å². The number of nitrogens with zero attached hydrogens (tertiary/aromatic N) is 2. The van der Waals surface area contributed by atoms with E-state index in [0.29, 0.717) is 34.8 Å². The molecule has 42 heavy (non-hydrogen) atoms. The zero-order valence-electron chi connectivity index (χ0n) is 24.4. The van der Waals surface area contributed by atoms with Crippen LogP contribution in [0.15, 0.2) is 74.6 Å². The number of nitrogen functional groups attached to an aromatic ring is 1. The average Bonchev–Trinajstić information content (AvgIpc) is 3.74. The average molecular weight is 580 g/mol. The maximum atomic E-state index is 16.2. The van der Waals surface area contributed by atoms with Crippen LogP contribution < -0.4 is 11.1 Å². The van der Waals surface area contributed by atoms with Gasteiger partial charge in [0, 0.05) is 67.9 Å². The molecule has 1 saturated carbocycles. The number of nitrogens with one attached hydrogen (secondary N) is 2. The number of aromatic nitrogens is 3. The van der Waals surface area contributed by atoms with E-state index in [-0.39, 0.29) is 5.56 Å². The number of allylic oxidation sites excluding steroid dienone is 3. The number of H-pyrrole nitrogens is 1. The molecular formula is C35H38FN5S. The topological polar surface area (TPSA) is 79.6 Å². The Bertz CT molecular complexity index is 1670. The smallest absolute Gasteiger partial charge is 0.141 e. The third kappa shape index (κ3) is 6.22. The molecule has 0 unspecified atom stereocenters. The van der Waals surface area contributed by atoms with Crippen molar-refractivity contribution in [2.75, 3.05) is 12.3 Å². The van der Waals surface area contributed by atoms with Gasteiger partial charge in [-0.25, -0.2) is 9.37 Å². The molecule has 1 aliphatic carbocycles. The van der Waals surface area contributed by atoms with Crippen molar-refractivity contribution in [3.8, 4) is 11.1 Å². The first-order valence-corrected chi connectivity index (χ1v) is 15.2. The molecule has 0 saturated heterocycles. The van der Waals surface area contributed by atoms with Crippen LogP contribution in [0.4, 0.5) is 10.1 Å². The van der Waals surface area contributed by atoms with Crippen molar-refractivity contribution in [2.24, 2.45) is 5.92 Å². The number of aromatic amines is 1. The molecule has 7 heteroatoms. The molecule has 216 valence electrons. The molecule has 0 atom stereocenters. The number of imidazole rings is 1. The second-order valence-electron chi connectivity index (χ2n) is 11.1. The summed E-state index contributed by atoms with van der Waals surface area (Å²) in [5, 5.41) is 3.55. The molecule has 0 bridgehead atoms. The predicted molar refractivity (Wildman–Crippen MR) is 175 cm³/mol. The van der Waals surface area contributed by atoms with Crippen molar-refractivity contribution < 1.29 is 4.39 Å². The van der Waals surface area contributed by atoms with Crippen LogP contribution in [0.5, 0.6) is 0 Å². The van der Waals surface area contributed by atoms with Gasteiger partial charge in [-0.2, -0.15) is 0 Å². The summed E-state index contributed by atoms with van der Waals surface area (Å²) >= 11 is 1.64. The number of rotatable bonds is 11. The summed E-state index contributed by atoms with van der Waals surface area (Å²) in [6.45, 7) is 17.8. The summed E-state index contributed by atoms with van der Waals surface area (Å²) in [6, 6.07) is 9.51. The Labute approximate surface area is 251 Å². The lowest BCUT2D eigenvalue weighted by atomic mass is 9.97. The van der Waals surface area contributed by atoms with E-state index in [1.165, 1.54) is 25.7 Å². The number of aryl methyl sites for hydroxylation is 1. The fourth-order valence-electron chi connectivity index (χ4n) is 5.58. The normalized spacial score (nSPS) is 13.9. The number of pyridine rings is 1. The van der Waals surface area contributed by atoms with Gasteiger partial charge in [-0.05, 0) is 80.6 Å². The summed E-state index contributed by atoms with van der Waals surface area (Å²) in [5.41, 5.74) is 12.9. The maximum Gasteiger partial charge on any atom is 0.141 e. The van der Waals surface area contributed by atoms with E-state index in [4.69, 9.17) is 10.7 Å². The van der Waals surface area contributed by atoms with E-state index >= 15 is 4.39 Å². The molecule has 5 nitrogen and oxygen atoms in total. The first-order chi connectivity index (χ1) is 20.3. The first-order valence-electron chi connectivity index (χ1n) is 14.3. The maximum absolute atomic E-state index is 16.2. The van der Waals surface area contributed by atoms with E-state index in [1.54, 1.807) is 35.7 Å². The number of anilines is 1. The minimum Gasteiger partial charge on any atom is -0.398 e. The SMILES string of the molecule is C=C/C=C(/c1ccc(C(=C)C)s1)c1nc(C(=C)c2c(N)ccc(-c3cncc(CNCC4CCCC4)c3)c2F)[nH]c1C. The summed E-state index contributed by atoms with van der Waals surface area (Å²) < 4.78 is 16.2. The summed E-state index contributed by atoms with van der Waals surface area (Å²) in [5.74, 6) is 0.761. The van der Waals surface area contributed by atoms with Crippen molar-refractivity contribution in [3.05, 3.63) is 119 Å². The number of hydrogen-bond acceptors (Lipinski definition) is 5. The van der Waals surface area contributed by atoms with Crippen LogP contribution in [0.1, 0.15) is 70.7 Å².